The van der Waals surface area contributed by atoms with Crippen LogP contribution in [0, 0.1) is 0 Å². The maximum absolute atomic E-state index is 11.2. The molecule has 21 heavy (non-hydrogen) atoms. The summed E-state index contributed by atoms with van der Waals surface area (Å²) in [7, 11) is 0. The number of rotatable bonds is 3. The van der Waals surface area contributed by atoms with Gasteiger partial charge >= 0.3 is 6.03 Å². The highest BCUT2D eigenvalue weighted by Crippen LogP contribution is 2.38. The summed E-state index contributed by atoms with van der Waals surface area (Å²) in [5, 5.41) is 12.8. The lowest BCUT2D eigenvalue weighted by molar-refractivity contribution is 0.100. The van der Waals surface area contributed by atoms with Crippen molar-refractivity contribution < 1.29 is 14.7 Å². The fraction of sp³-hybridized carbons (Fsp3) is 0. The van der Waals surface area contributed by atoms with E-state index >= 15 is 0 Å². The van der Waals surface area contributed by atoms with E-state index in [1.54, 1.807) is 18.2 Å². The zero-order valence-corrected chi connectivity index (χ0v) is 11.5. The smallest absolute Gasteiger partial charge is 0.316 e. The summed E-state index contributed by atoms with van der Waals surface area (Å²) in [4.78, 5) is 22.1. The maximum Gasteiger partial charge on any atom is 0.316 e. The van der Waals surface area contributed by atoms with E-state index in [1.807, 2.05) is 0 Å². The molecule has 6 nitrogen and oxygen atoms in total. The van der Waals surface area contributed by atoms with Gasteiger partial charge in [0.05, 0.1) is 5.69 Å². The Bertz CT molecular complexity index is 731. The number of aromatic hydroxyl groups is 1. The van der Waals surface area contributed by atoms with Gasteiger partial charge in [-0.1, -0.05) is 23.7 Å². The van der Waals surface area contributed by atoms with Crippen LogP contribution in [-0.2, 0) is 0 Å². The van der Waals surface area contributed by atoms with E-state index in [4.69, 9.17) is 23.1 Å². The highest BCUT2D eigenvalue weighted by atomic mass is 35.5. The van der Waals surface area contributed by atoms with E-state index in [2.05, 4.69) is 5.32 Å². The number of amides is 3. The second-order valence-corrected chi connectivity index (χ2v) is 4.72. The molecule has 3 amide bonds. The van der Waals surface area contributed by atoms with Crippen molar-refractivity contribution in [3.05, 3.63) is 47.0 Å². The molecule has 0 unspecified atom stereocenters. The van der Waals surface area contributed by atoms with Crippen LogP contribution in [0.3, 0.4) is 0 Å². The monoisotopic (exact) mass is 305 g/mol. The quantitative estimate of drug-likeness (QED) is 0.651. The van der Waals surface area contributed by atoms with E-state index in [-0.39, 0.29) is 22.0 Å². The molecule has 0 saturated carbocycles. The molecule has 0 radical (unpaired) electrons. The molecule has 0 aliphatic rings. The van der Waals surface area contributed by atoms with Crippen LogP contribution >= 0.6 is 11.6 Å². The molecule has 0 heterocycles. The number of nitrogens with two attached hydrogens (primary N) is 2. The second kappa shape index (κ2) is 5.72. The first-order chi connectivity index (χ1) is 9.88. The van der Waals surface area contributed by atoms with Crippen LogP contribution in [0.15, 0.2) is 36.4 Å². The Morgan fingerprint density at radius 3 is 2.48 bits per heavy atom. The largest absolute Gasteiger partial charge is 0.505 e. The van der Waals surface area contributed by atoms with E-state index in [1.165, 1.54) is 18.2 Å². The summed E-state index contributed by atoms with van der Waals surface area (Å²) >= 11 is 5.96. The van der Waals surface area contributed by atoms with Gasteiger partial charge in [-0.3, -0.25) is 4.79 Å². The van der Waals surface area contributed by atoms with Crippen molar-refractivity contribution in [3.63, 3.8) is 0 Å². The number of nitrogens with one attached hydrogen (secondary N) is 1. The van der Waals surface area contributed by atoms with Crippen LogP contribution in [0.25, 0.3) is 11.1 Å². The van der Waals surface area contributed by atoms with Crippen molar-refractivity contribution in [2.75, 3.05) is 5.32 Å². The number of carbonyl (C=O) groups is 2. The SMILES string of the molecule is NC(=O)Nc1cc(Cl)cc(-c2cccc(C(N)=O)c2)c1O. The first kappa shape index (κ1) is 14.7. The molecule has 0 atom stereocenters. The van der Waals surface area contributed by atoms with Gasteiger partial charge in [0.1, 0.15) is 5.75 Å². The lowest BCUT2D eigenvalue weighted by Crippen LogP contribution is -2.19. The first-order valence-corrected chi connectivity index (χ1v) is 6.25. The Morgan fingerprint density at radius 2 is 1.86 bits per heavy atom. The number of benzene rings is 2. The molecular formula is C14H12ClN3O3. The molecule has 0 aromatic heterocycles. The van der Waals surface area contributed by atoms with Crippen molar-refractivity contribution in [2.45, 2.75) is 0 Å². The van der Waals surface area contributed by atoms with Gasteiger partial charge in [0.2, 0.25) is 5.91 Å². The lowest BCUT2D eigenvalue weighted by atomic mass is 10.0. The van der Waals surface area contributed by atoms with Crippen molar-refractivity contribution in [1.29, 1.82) is 0 Å². The molecular weight excluding hydrogens is 294 g/mol. The molecule has 7 heteroatoms. The van der Waals surface area contributed by atoms with Crippen LogP contribution in [0.5, 0.6) is 5.75 Å². The highest BCUT2D eigenvalue weighted by molar-refractivity contribution is 6.31. The number of phenolic OH excluding ortho intramolecular Hbond substituents is 1. The molecule has 6 N–H and O–H groups in total. The third kappa shape index (κ3) is 3.24. The van der Waals surface area contributed by atoms with E-state index in [9.17, 15) is 14.7 Å². The zero-order chi connectivity index (χ0) is 15.6. The number of halogens is 1. The van der Waals surface area contributed by atoms with Crippen molar-refractivity contribution in [3.8, 4) is 16.9 Å². The molecule has 0 fully saturated rings. The molecule has 108 valence electrons. The summed E-state index contributed by atoms with van der Waals surface area (Å²) in [6.07, 6.45) is 0. The number of anilines is 1. The Morgan fingerprint density at radius 1 is 1.14 bits per heavy atom. The summed E-state index contributed by atoms with van der Waals surface area (Å²) < 4.78 is 0. The average molecular weight is 306 g/mol. The number of primary amides is 2. The molecule has 0 spiro atoms. The van der Waals surface area contributed by atoms with Crippen LogP contribution in [-0.4, -0.2) is 17.0 Å². The number of carbonyl (C=O) groups excluding carboxylic acids is 2. The Labute approximate surface area is 125 Å². The van der Waals surface area contributed by atoms with Crippen molar-refractivity contribution >= 4 is 29.2 Å². The van der Waals surface area contributed by atoms with E-state index < -0.39 is 11.9 Å². The van der Waals surface area contributed by atoms with Gasteiger partial charge < -0.3 is 21.9 Å². The summed E-state index contributed by atoms with van der Waals surface area (Å²) in [6, 6.07) is 8.40. The first-order valence-electron chi connectivity index (χ1n) is 5.87. The Hall–Kier alpha value is -2.73. The van der Waals surface area contributed by atoms with Gasteiger partial charge in [-0.25, -0.2) is 4.79 Å². The average Bonchev–Trinajstić information content (AvgIpc) is 2.42. The topological polar surface area (TPSA) is 118 Å². The minimum atomic E-state index is -0.829. The van der Waals surface area contributed by atoms with Gasteiger partial charge in [-0.15, -0.1) is 0 Å². The molecule has 2 rings (SSSR count). The standard InChI is InChI=1S/C14H12ClN3O3/c15-9-5-10(12(19)11(6-9)18-14(17)21)7-2-1-3-8(4-7)13(16)20/h1-6,19H,(H2,16,20)(H3,17,18,21). The molecule has 2 aromatic carbocycles. The minimum absolute atomic E-state index is 0.0782. The fourth-order valence-electron chi connectivity index (χ4n) is 1.89. The van der Waals surface area contributed by atoms with E-state index in [0.29, 0.717) is 11.1 Å². The summed E-state index contributed by atoms with van der Waals surface area (Å²) in [5.74, 6) is -0.798. The third-order valence-electron chi connectivity index (χ3n) is 2.79. The van der Waals surface area contributed by atoms with Gasteiger partial charge in [-0.05, 0) is 29.8 Å². The Balaban J connectivity index is 2.58. The molecule has 0 saturated heterocycles. The van der Waals surface area contributed by atoms with Gasteiger partial charge in [-0.2, -0.15) is 0 Å². The predicted molar refractivity (Wildman–Crippen MR) is 80.3 cm³/mol. The van der Waals surface area contributed by atoms with Crippen LogP contribution in [0.2, 0.25) is 5.02 Å². The molecule has 0 bridgehead atoms. The number of hydrogen-bond acceptors (Lipinski definition) is 3. The second-order valence-electron chi connectivity index (χ2n) is 4.28. The van der Waals surface area contributed by atoms with Crippen molar-refractivity contribution in [2.24, 2.45) is 11.5 Å². The zero-order valence-electron chi connectivity index (χ0n) is 10.8. The fourth-order valence-corrected chi connectivity index (χ4v) is 2.11. The number of urea groups is 1. The van der Waals surface area contributed by atoms with Gasteiger partial charge in [0.15, 0.2) is 0 Å². The number of hydrogen-bond donors (Lipinski definition) is 4. The lowest BCUT2D eigenvalue weighted by Gasteiger charge is -2.11. The Kier molecular flexibility index (Phi) is 4.00. The molecule has 2 aromatic rings. The maximum atomic E-state index is 11.2. The third-order valence-corrected chi connectivity index (χ3v) is 3.01. The van der Waals surface area contributed by atoms with Crippen LogP contribution in [0.4, 0.5) is 10.5 Å². The van der Waals surface area contributed by atoms with E-state index in [0.717, 1.165) is 0 Å². The molecule has 0 aliphatic carbocycles. The van der Waals surface area contributed by atoms with Crippen LogP contribution in [0.1, 0.15) is 10.4 Å². The minimum Gasteiger partial charge on any atom is -0.505 e. The van der Waals surface area contributed by atoms with Gasteiger partial charge in [0, 0.05) is 16.1 Å². The summed E-state index contributed by atoms with van der Waals surface area (Å²) in [5.41, 5.74) is 11.5. The normalized spacial score (nSPS) is 10.1. The van der Waals surface area contributed by atoms with Crippen LogP contribution < -0.4 is 16.8 Å². The van der Waals surface area contributed by atoms with Crippen molar-refractivity contribution in [1.82, 2.24) is 0 Å². The highest BCUT2D eigenvalue weighted by Gasteiger charge is 2.13. The summed E-state index contributed by atoms with van der Waals surface area (Å²) in [6.45, 7) is 0. The molecule has 0 aliphatic heterocycles. The number of phenols is 1. The van der Waals surface area contributed by atoms with Gasteiger partial charge in [0.25, 0.3) is 0 Å². The predicted octanol–water partition coefficient (Wildman–Crippen LogP) is 2.30.